The number of ether oxygens (including phenoxy) is 3. The van der Waals surface area contributed by atoms with Crippen molar-refractivity contribution < 1.29 is 37.4 Å². The van der Waals surface area contributed by atoms with Crippen molar-refractivity contribution in [1.82, 2.24) is 4.90 Å². The van der Waals surface area contributed by atoms with Gasteiger partial charge in [-0.3, -0.25) is 9.69 Å². The molecule has 0 spiro atoms. The number of carbonyl (C=O) groups excluding carboxylic acids is 3. The lowest BCUT2D eigenvalue weighted by atomic mass is 9.80. The fraction of sp³-hybridized carbons (Fsp3) is 0.318. The van der Waals surface area contributed by atoms with Crippen LogP contribution in [0.4, 0.5) is 13.6 Å². The van der Waals surface area contributed by atoms with Crippen molar-refractivity contribution in [1.29, 1.82) is 0 Å². The predicted octanol–water partition coefficient (Wildman–Crippen LogP) is 3.33. The summed E-state index contributed by atoms with van der Waals surface area (Å²) in [6, 6.07) is 5.86. The zero-order chi connectivity index (χ0) is 22.8. The summed E-state index contributed by atoms with van der Waals surface area (Å²) in [5.41, 5.74) is -1.05. The van der Waals surface area contributed by atoms with Crippen molar-refractivity contribution in [3.63, 3.8) is 0 Å². The third-order valence-electron chi connectivity index (χ3n) is 5.02. The minimum absolute atomic E-state index is 0.0815. The fourth-order valence-electron chi connectivity index (χ4n) is 3.76. The molecule has 9 heteroatoms. The molecule has 31 heavy (non-hydrogen) atoms. The van der Waals surface area contributed by atoms with E-state index in [1.54, 1.807) is 18.2 Å². The van der Waals surface area contributed by atoms with E-state index in [-0.39, 0.29) is 18.8 Å². The summed E-state index contributed by atoms with van der Waals surface area (Å²) in [5.74, 6) is -6.79. The highest BCUT2D eigenvalue weighted by Crippen LogP contribution is 2.56. The van der Waals surface area contributed by atoms with E-state index >= 15 is 8.78 Å². The SMILES string of the molecule is C=CCOC(=O)O[C@H](C)[C@H]1C(=O)N2C(C(=O)OCC=C)=C(c3ccccc3)C(F)(F)[C@H]12. The quantitative estimate of drug-likeness (QED) is 0.355. The number of rotatable bonds is 8. The van der Waals surface area contributed by atoms with Crippen LogP contribution in [0.2, 0.25) is 0 Å². The normalized spacial score (nSPS) is 22.2. The minimum Gasteiger partial charge on any atom is -0.457 e. The Kier molecular flexibility index (Phi) is 6.24. The average Bonchev–Trinajstić information content (AvgIpc) is 2.94. The van der Waals surface area contributed by atoms with Crippen LogP contribution in [0.15, 0.2) is 61.3 Å². The lowest BCUT2D eigenvalue weighted by Crippen LogP contribution is -2.67. The van der Waals surface area contributed by atoms with Crippen LogP contribution in [0, 0.1) is 5.92 Å². The Labute approximate surface area is 177 Å². The summed E-state index contributed by atoms with van der Waals surface area (Å²) in [4.78, 5) is 37.9. The first-order chi connectivity index (χ1) is 14.8. The van der Waals surface area contributed by atoms with Crippen LogP contribution < -0.4 is 0 Å². The van der Waals surface area contributed by atoms with Gasteiger partial charge in [0.05, 0.1) is 5.57 Å². The van der Waals surface area contributed by atoms with E-state index in [1.165, 1.54) is 31.2 Å². The molecule has 0 aromatic heterocycles. The lowest BCUT2D eigenvalue weighted by Gasteiger charge is -2.46. The van der Waals surface area contributed by atoms with Gasteiger partial charge in [-0.1, -0.05) is 55.6 Å². The standard InChI is InChI=1S/C22H21F2NO6/c1-4-11-29-20(27)17-16(14-9-7-6-8-10-14)22(23,24)18-15(19(26)25(17)18)13(3)31-21(28)30-12-5-2/h4-10,13,15,18H,1-2,11-12H2,3H3/t13-,15-,18+/m1/s1. The summed E-state index contributed by atoms with van der Waals surface area (Å²) >= 11 is 0. The van der Waals surface area contributed by atoms with Gasteiger partial charge in [-0.15, -0.1) is 0 Å². The highest BCUT2D eigenvalue weighted by molar-refractivity contribution is 6.08. The molecule has 3 atom stereocenters. The highest BCUT2D eigenvalue weighted by atomic mass is 19.3. The van der Waals surface area contributed by atoms with Crippen LogP contribution in [-0.4, -0.2) is 54.2 Å². The first-order valence-corrected chi connectivity index (χ1v) is 9.49. The van der Waals surface area contributed by atoms with Crippen LogP contribution in [0.25, 0.3) is 5.57 Å². The van der Waals surface area contributed by atoms with Crippen LogP contribution in [0.1, 0.15) is 12.5 Å². The van der Waals surface area contributed by atoms with Crippen LogP contribution in [0.5, 0.6) is 0 Å². The number of esters is 1. The van der Waals surface area contributed by atoms with E-state index in [4.69, 9.17) is 9.47 Å². The number of alkyl halides is 2. The number of benzene rings is 1. The molecule has 0 radical (unpaired) electrons. The minimum atomic E-state index is -3.59. The molecule has 2 heterocycles. The van der Waals surface area contributed by atoms with Crippen molar-refractivity contribution in [2.75, 3.05) is 13.2 Å². The molecule has 1 fully saturated rings. The zero-order valence-electron chi connectivity index (χ0n) is 16.8. The molecular weight excluding hydrogens is 412 g/mol. The van der Waals surface area contributed by atoms with Gasteiger partial charge in [0.2, 0.25) is 5.91 Å². The van der Waals surface area contributed by atoms with Gasteiger partial charge >= 0.3 is 12.1 Å². The van der Waals surface area contributed by atoms with Crippen LogP contribution in [-0.2, 0) is 23.8 Å². The third-order valence-corrected chi connectivity index (χ3v) is 5.02. The number of carbonyl (C=O) groups is 3. The summed E-state index contributed by atoms with van der Waals surface area (Å²) in [5, 5.41) is 0. The van der Waals surface area contributed by atoms with Gasteiger partial charge in [0.25, 0.3) is 5.92 Å². The van der Waals surface area contributed by atoms with E-state index in [1.807, 2.05) is 0 Å². The smallest absolute Gasteiger partial charge is 0.457 e. The van der Waals surface area contributed by atoms with Crippen molar-refractivity contribution in [2.24, 2.45) is 5.92 Å². The van der Waals surface area contributed by atoms with E-state index < -0.39 is 53.3 Å². The maximum atomic E-state index is 15.6. The Morgan fingerprint density at radius 3 is 2.39 bits per heavy atom. The Morgan fingerprint density at radius 2 is 1.77 bits per heavy atom. The first-order valence-electron chi connectivity index (χ1n) is 9.49. The Hall–Kier alpha value is -3.49. The predicted molar refractivity (Wildman–Crippen MR) is 106 cm³/mol. The monoisotopic (exact) mass is 433 g/mol. The van der Waals surface area contributed by atoms with Gasteiger partial charge in [-0.05, 0) is 12.5 Å². The molecule has 2 aliphatic heterocycles. The Balaban J connectivity index is 1.96. The van der Waals surface area contributed by atoms with Crippen LogP contribution in [0.3, 0.4) is 0 Å². The Morgan fingerprint density at radius 1 is 1.16 bits per heavy atom. The zero-order valence-corrected chi connectivity index (χ0v) is 16.8. The number of hydrogen-bond donors (Lipinski definition) is 0. The molecule has 3 rings (SSSR count). The maximum absolute atomic E-state index is 15.6. The van der Waals surface area contributed by atoms with Crippen molar-refractivity contribution in [2.45, 2.75) is 25.0 Å². The molecule has 1 aromatic rings. The van der Waals surface area contributed by atoms with Gasteiger partial charge in [-0.25, -0.2) is 9.59 Å². The second kappa shape index (κ2) is 8.71. The molecule has 2 aliphatic rings. The average molecular weight is 433 g/mol. The van der Waals surface area contributed by atoms with Crippen LogP contribution >= 0.6 is 0 Å². The van der Waals surface area contributed by atoms with Gasteiger partial charge in [0.15, 0.2) is 0 Å². The van der Waals surface area contributed by atoms with Gasteiger partial charge in [0.1, 0.15) is 37.0 Å². The van der Waals surface area contributed by atoms with E-state index in [0.29, 0.717) is 0 Å². The second-order valence-electron chi connectivity index (χ2n) is 6.95. The van der Waals surface area contributed by atoms with Gasteiger partial charge in [-0.2, -0.15) is 8.78 Å². The number of β-lactam (4-membered cyclic amide) rings is 1. The molecule has 0 saturated carbocycles. The van der Waals surface area contributed by atoms with Crippen molar-refractivity contribution in [3.8, 4) is 0 Å². The van der Waals surface area contributed by atoms with Gasteiger partial charge < -0.3 is 14.2 Å². The fourth-order valence-corrected chi connectivity index (χ4v) is 3.76. The molecule has 1 saturated heterocycles. The largest absolute Gasteiger partial charge is 0.508 e. The van der Waals surface area contributed by atoms with Crippen molar-refractivity contribution in [3.05, 3.63) is 66.9 Å². The summed E-state index contributed by atoms with van der Waals surface area (Å²) in [6.07, 6.45) is 0.278. The van der Waals surface area contributed by atoms with Gasteiger partial charge in [0, 0.05) is 0 Å². The molecule has 0 N–H and O–H groups in total. The number of amides is 1. The molecule has 164 valence electrons. The topological polar surface area (TPSA) is 82.1 Å². The molecular formula is C22H21F2NO6. The number of halogens is 2. The number of hydrogen-bond acceptors (Lipinski definition) is 6. The van der Waals surface area contributed by atoms with E-state index in [0.717, 1.165) is 4.90 Å². The number of nitrogens with zero attached hydrogens (tertiary/aromatic N) is 1. The molecule has 0 aliphatic carbocycles. The molecule has 1 amide bonds. The van der Waals surface area contributed by atoms with E-state index in [2.05, 4.69) is 17.9 Å². The molecule has 1 aromatic carbocycles. The lowest BCUT2D eigenvalue weighted by molar-refractivity contribution is -0.178. The van der Waals surface area contributed by atoms with E-state index in [9.17, 15) is 14.4 Å². The third kappa shape index (κ3) is 3.83. The first kappa shape index (κ1) is 22.2. The molecule has 0 unspecified atom stereocenters. The number of fused-ring (bicyclic) bond motifs is 1. The van der Waals surface area contributed by atoms with Crippen molar-refractivity contribution >= 4 is 23.6 Å². The second-order valence-corrected chi connectivity index (χ2v) is 6.95. The molecule has 7 nitrogen and oxygen atoms in total. The Bertz CT molecular complexity index is 943. The summed E-state index contributed by atoms with van der Waals surface area (Å²) in [6.45, 7) is 7.79. The molecule has 0 bridgehead atoms. The summed E-state index contributed by atoms with van der Waals surface area (Å²) < 4.78 is 45.8. The summed E-state index contributed by atoms with van der Waals surface area (Å²) in [7, 11) is 0. The highest BCUT2D eigenvalue weighted by Gasteiger charge is 2.71. The maximum Gasteiger partial charge on any atom is 0.508 e.